The van der Waals surface area contributed by atoms with E-state index in [0.717, 1.165) is 23.7 Å². The van der Waals surface area contributed by atoms with Gasteiger partial charge in [0.15, 0.2) is 0 Å². The van der Waals surface area contributed by atoms with Crippen LogP contribution in [0.3, 0.4) is 0 Å². The van der Waals surface area contributed by atoms with Crippen LogP contribution in [0.4, 0.5) is 0 Å². The Morgan fingerprint density at radius 3 is 2.12 bits per heavy atom. The van der Waals surface area contributed by atoms with Crippen LogP contribution < -0.4 is 0 Å². The van der Waals surface area contributed by atoms with Gasteiger partial charge in [0, 0.05) is 0 Å². The van der Waals surface area contributed by atoms with Gasteiger partial charge in [-0.05, 0) is 55.8 Å². The van der Waals surface area contributed by atoms with Crippen molar-refractivity contribution in [2.75, 3.05) is 0 Å². The van der Waals surface area contributed by atoms with Gasteiger partial charge in [0.25, 0.3) is 0 Å². The van der Waals surface area contributed by atoms with Crippen molar-refractivity contribution in [3.05, 3.63) is 12.7 Å². The highest BCUT2D eigenvalue weighted by atomic mass is 14.4. The summed E-state index contributed by atoms with van der Waals surface area (Å²) >= 11 is 0. The highest BCUT2D eigenvalue weighted by Crippen LogP contribution is 2.42. The predicted octanol–water partition coefficient (Wildman–Crippen LogP) is 5.59. The van der Waals surface area contributed by atoms with Crippen LogP contribution in [0, 0.1) is 23.7 Å². The van der Waals surface area contributed by atoms with Crippen LogP contribution in [-0.2, 0) is 0 Å². The average molecular weight is 234 g/mol. The second-order valence-electron chi connectivity index (χ2n) is 6.57. The number of rotatable bonds is 4. The number of allylic oxidation sites excluding steroid dienone is 1. The highest BCUT2D eigenvalue weighted by Gasteiger charge is 2.29. The zero-order valence-corrected chi connectivity index (χ0v) is 11.7. The fraction of sp³-hybridized carbons (Fsp3) is 0.882. The van der Waals surface area contributed by atoms with E-state index in [1.807, 2.05) is 0 Å². The lowest BCUT2D eigenvalue weighted by Crippen LogP contribution is -2.26. The summed E-state index contributed by atoms with van der Waals surface area (Å²) in [5.41, 5.74) is 0. The largest absolute Gasteiger partial charge is 0.103 e. The molecule has 0 bridgehead atoms. The molecule has 0 aliphatic heterocycles. The van der Waals surface area contributed by atoms with Crippen molar-refractivity contribution in [1.82, 2.24) is 0 Å². The fourth-order valence-electron chi connectivity index (χ4n) is 4.25. The van der Waals surface area contributed by atoms with Gasteiger partial charge in [0.1, 0.15) is 0 Å². The van der Waals surface area contributed by atoms with Crippen molar-refractivity contribution in [3.63, 3.8) is 0 Å². The third-order valence-electron chi connectivity index (χ3n) is 5.48. The van der Waals surface area contributed by atoms with Gasteiger partial charge in [-0.2, -0.15) is 0 Å². The van der Waals surface area contributed by atoms with Crippen LogP contribution in [-0.4, -0.2) is 0 Å². The molecular weight excluding hydrogens is 204 g/mol. The maximum absolute atomic E-state index is 3.88. The molecule has 98 valence electrons. The molecule has 1 atom stereocenters. The predicted molar refractivity (Wildman–Crippen MR) is 76.0 cm³/mol. The molecule has 0 aromatic heterocycles. The maximum Gasteiger partial charge on any atom is -0.0325 e. The van der Waals surface area contributed by atoms with Crippen LogP contribution in [0.15, 0.2) is 12.7 Å². The van der Waals surface area contributed by atoms with Gasteiger partial charge < -0.3 is 0 Å². The van der Waals surface area contributed by atoms with Crippen LogP contribution in [0.5, 0.6) is 0 Å². The fourth-order valence-corrected chi connectivity index (χ4v) is 4.25. The summed E-state index contributed by atoms with van der Waals surface area (Å²) in [6.07, 6.45) is 17.0. The van der Waals surface area contributed by atoms with Crippen LogP contribution in [0.1, 0.15) is 71.1 Å². The Hall–Kier alpha value is -0.260. The van der Waals surface area contributed by atoms with Crippen molar-refractivity contribution < 1.29 is 0 Å². The molecule has 0 aromatic rings. The highest BCUT2D eigenvalue weighted by molar-refractivity contribution is 4.83. The number of hydrogen-bond donors (Lipinski definition) is 0. The summed E-state index contributed by atoms with van der Waals surface area (Å²) in [5, 5.41) is 0. The first-order chi connectivity index (χ1) is 8.31. The zero-order valence-electron chi connectivity index (χ0n) is 11.7. The van der Waals surface area contributed by atoms with Gasteiger partial charge in [-0.25, -0.2) is 0 Å². The minimum absolute atomic E-state index is 0.875. The van der Waals surface area contributed by atoms with Crippen LogP contribution in [0.2, 0.25) is 0 Å². The summed E-state index contributed by atoms with van der Waals surface area (Å²) in [6, 6.07) is 0. The molecule has 0 heteroatoms. The Kier molecular flexibility index (Phi) is 5.13. The Balaban J connectivity index is 1.75. The Labute approximate surface area is 108 Å². The molecule has 0 spiro atoms. The summed E-state index contributed by atoms with van der Waals surface area (Å²) in [7, 11) is 0. The lowest BCUT2D eigenvalue weighted by atomic mass is 9.68. The quantitative estimate of drug-likeness (QED) is 0.557. The van der Waals surface area contributed by atoms with Gasteiger partial charge in [0.05, 0.1) is 0 Å². The van der Waals surface area contributed by atoms with Crippen molar-refractivity contribution in [2.45, 2.75) is 71.1 Å². The van der Waals surface area contributed by atoms with Crippen molar-refractivity contribution >= 4 is 0 Å². The van der Waals surface area contributed by atoms with Crippen LogP contribution >= 0.6 is 0 Å². The van der Waals surface area contributed by atoms with E-state index in [1.165, 1.54) is 64.2 Å². The molecule has 0 heterocycles. The topological polar surface area (TPSA) is 0 Å². The van der Waals surface area contributed by atoms with E-state index in [1.54, 1.807) is 0 Å². The van der Waals surface area contributed by atoms with E-state index < -0.39 is 0 Å². The molecule has 0 saturated heterocycles. The summed E-state index contributed by atoms with van der Waals surface area (Å²) in [4.78, 5) is 0. The van der Waals surface area contributed by atoms with Crippen molar-refractivity contribution in [3.8, 4) is 0 Å². The van der Waals surface area contributed by atoms with E-state index in [2.05, 4.69) is 19.6 Å². The molecule has 0 amide bonds. The SMILES string of the molecule is C=CCC(C)C1CCC(C2CCCCC2)CC1. The zero-order chi connectivity index (χ0) is 12.1. The molecule has 17 heavy (non-hydrogen) atoms. The van der Waals surface area contributed by atoms with E-state index in [0.29, 0.717) is 0 Å². The Morgan fingerprint density at radius 2 is 1.53 bits per heavy atom. The Morgan fingerprint density at radius 1 is 0.941 bits per heavy atom. The lowest BCUT2D eigenvalue weighted by molar-refractivity contribution is 0.144. The van der Waals surface area contributed by atoms with Gasteiger partial charge in [-0.3, -0.25) is 0 Å². The molecule has 0 aromatic carbocycles. The minimum atomic E-state index is 0.875. The van der Waals surface area contributed by atoms with Gasteiger partial charge >= 0.3 is 0 Å². The second-order valence-corrected chi connectivity index (χ2v) is 6.57. The standard InChI is InChI=1S/C17H30/c1-3-7-14(2)15-10-12-17(13-11-15)16-8-5-4-6-9-16/h3,14-17H,1,4-13H2,2H3. The normalized spacial score (nSPS) is 33.2. The number of hydrogen-bond acceptors (Lipinski definition) is 0. The molecule has 2 saturated carbocycles. The molecule has 2 rings (SSSR count). The first kappa shape index (κ1) is 13.2. The molecule has 0 radical (unpaired) electrons. The maximum atomic E-state index is 3.88. The molecule has 2 aliphatic carbocycles. The van der Waals surface area contributed by atoms with E-state index >= 15 is 0 Å². The molecule has 2 fully saturated rings. The van der Waals surface area contributed by atoms with Gasteiger partial charge in [-0.15, -0.1) is 6.58 Å². The first-order valence-electron chi connectivity index (χ1n) is 7.92. The lowest BCUT2D eigenvalue weighted by Gasteiger charge is -2.37. The van der Waals surface area contributed by atoms with Crippen LogP contribution in [0.25, 0.3) is 0 Å². The summed E-state index contributed by atoms with van der Waals surface area (Å²) < 4.78 is 0. The average Bonchev–Trinajstić information content (AvgIpc) is 2.40. The van der Waals surface area contributed by atoms with E-state index in [9.17, 15) is 0 Å². The molecular formula is C17H30. The molecule has 0 nitrogen and oxygen atoms in total. The smallest absolute Gasteiger partial charge is 0.0325 e. The third-order valence-corrected chi connectivity index (χ3v) is 5.48. The molecule has 2 aliphatic rings. The third kappa shape index (κ3) is 3.60. The van der Waals surface area contributed by atoms with E-state index in [-0.39, 0.29) is 0 Å². The van der Waals surface area contributed by atoms with E-state index in [4.69, 9.17) is 0 Å². The summed E-state index contributed by atoms with van der Waals surface area (Å²) in [5.74, 6) is 4.05. The van der Waals surface area contributed by atoms with Crippen molar-refractivity contribution in [2.24, 2.45) is 23.7 Å². The Bertz CT molecular complexity index is 216. The van der Waals surface area contributed by atoms with Gasteiger partial charge in [0.2, 0.25) is 0 Å². The first-order valence-corrected chi connectivity index (χ1v) is 7.92. The van der Waals surface area contributed by atoms with Gasteiger partial charge in [-0.1, -0.05) is 45.1 Å². The minimum Gasteiger partial charge on any atom is -0.103 e. The second kappa shape index (κ2) is 6.61. The van der Waals surface area contributed by atoms with Crippen molar-refractivity contribution in [1.29, 1.82) is 0 Å². The molecule has 1 unspecified atom stereocenters. The monoisotopic (exact) mass is 234 g/mol. The summed E-state index contributed by atoms with van der Waals surface area (Å²) in [6.45, 7) is 6.31. The molecule has 0 N–H and O–H groups in total.